The second-order valence-electron chi connectivity index (χ2n) is 7.66. The highest BCUT2D eigenvalue weighted by atomic mass is 32.1. The van der Waals surface area contributed by atoms with Crippen molar-refractivity contribution in [3.63, 3.8) is 0 Å². The second kappa shape index (κ2) is 10.2. The first-order valence-corrected chi connectivity index (χ1v) is 10.7. The lowest BCUT2D eigenvalue weighted by Gasteiger charge is -2.23. The molecule has 1 aromatic heterocycles. The number of nitrogens with zero attached hydrogens (tertiary/aromatic N) is 3. The van der Waals surface area contributed by atoms with Crippen LogP contribution in [0.4, 0.5) is 10.8 Å². The lowest BCUT2D eigenvalue weighted by atomic mass is 10.1. The highest BCUT2D eigenvalue weighted by Crippen LogP contribution is 2.21. The van der Waals surface area contributed by atoms with E-state index in [-0.39, 0.29) is 5.91 Å². The molecule has 0 atom stereocenters. The van der Waals surface area contributed by atoms with E-state index in [0.717, 1.165) is 29.6 Å². The number of aromatic nitrogens is 2. The minimum Gasteiger partial charge on any atom is -0.346 e. The fourth-order valence-electron chi connectivity index (χ4n) is 3.03. The van der Waals surface area contributed by atoms with Gasteiger partial charge in [0.05, 0.1) is 0 Å². The first kappa shape index (κ1) is 21.0. The zero-order chi connectivity index (χ0) is 20.6. The molecule has 0 aliphatic carbocycles. The van der Waals surface area contributed by atoms with E-state index in [2.05, 4.69) is 40.6 Å². The van der Waals surface area contributed by atoms with Gasteiger partial charge < -0.3 is 10.2 Å². The van der Waals surface area contributed by atoms with Crippen molar-refractivity contribution >= 4 is 28.3 Å². The summed E-state index contributed by atoms with van der Waals surface area (Å²) in [6.45, 7) is 7.84. The van der Waals surface area contributed by atoms with Gasteiger partial charge >= 0.3 is 0 Å². The second-order valence-corrected chi connectivity index (χ2v) is 8.39. The van der Waals surface area contributed by atoms with Crippen molar-refractivity contribution < 1.29 is 4.79 Å². The van der Waals surface area contributed by atoms with Crippen LogP contribution in [-0.2, 0) is 11.2 Å². The standard InChI is InChI=1S/C23H28N4OS/c1-17(2)16-27(14-13-22(28)24-20-11-9-18(3)10-12-20)23-25-21(26-29-23)15-19-7-5-4-6-8-19/h4-12,17H,13-16H2,1-3H3,(H,24,28). The van der Waals surface area contributed by atoms with Gasteiger partial charge in [0.15, 0.2) is 0 Å². The fraction of sp³-hybridized carbons (Fsp3) is 0.348. The summed E-state index contributed by atoms with van der Waals surface area (Å²) in [6, 6.07) is 18.1. The van der Waals surface area contributed by atoms with Crippen molar-refractivity contribution in [2.45, 2.75) is 33.6 Å². The van der Waals surface area contributed by atoms with Crippen molar-refractivity contribution in [1.29, 1.82) is 0 Å². The van der Waals surface area contributed by atoms with E-state index < -0.39 is 0 Å². The maximum Gasteiger partial charge on any atom is 0.226 e. The Bertz CT molecular complexity index is 906. The van der Waals surface area contributed by atoms with Crippen LogP contribution >= 0.6 is 11.5 Å². The Morgan fingerprint density at radius 3 is 2.52 bits per heavy atom. The van der Waals surface area contributed by atoms with Crippen LogP contribution in [0.25, 0.3) is 0 Å². The molecule has 3 rings (SSSR count). The van der Waals surface area contributed by atoms with E-state index in [1.54, 1.807) is 0 Å². The quantitative estimate of drug-likeness (QED) is 0.545. The van der Waals surface area contributed by atoms with Crippen molar-refractivity contribution in [1.82, 2.24) is 9.36 Å². The number of carbonyl (C=O) groups excluding carboxylic acids is 1. The van der Waals surface area contributed by atoms with Crippen molar-refractivity contribution in [3.8, 4) is 0 Å². The zero-order valence-electron chi connectivity index (χ0n) is 17.3. The molecule has 0 spiro atoms. The lowest BCUT2D eigenvalue weighted by Crippen LogP contribution is -2.31. The van der Waals surface area contributed by atoms with Gasteiger partial charge in [0.2, 0.25) is 11.0 Å². The summed E-state index contributed by atoms with van der Waals surface area (Å²) in [4.78, 5) is 19.3. The summed E-state index contributed by atoms with van der Waals surface area (Å²) in [6.07, 6.45) is 1.13. The van der Waals surface area contributed by atoms with E-state index in [1.165, 1.54) is 22.7 Å². The van der Waals surface area contributed by atoms with Gasteiger partial charge in [-0.25, -0.2) is 4.98 Å². The number of nitrogens with one attached hydrogen (secondary N) is 1. The van der Waals surface area contributed by atoms with Gasteiger partial charge in [0, 0.05) is 43.2 Å². The maximum atomic E-state index is 12.4. The summed E-state index contributed by atoms with van der Waals surface area (Å²) < 4.78 is 4.53. The monoisotopic (exact) mass is 408 g/mol. The van der Waals surface area contributed by atoms with Crippen LogP contribution in [-0.4, -0.2) is 28.4 Å². The Kier molecular flexibility index (Phi) is 7.36. The molecule has 0 aliphatic heterocycles. The molecule has 1 heterocycles. The van der Waals surface area contributed by atoms with Gasteiger partial charge in [-0.2, -0.15) is 4.37 Å². The molecule has 0 saturated heterocycles. The number of anilines is 2. The molecule has 0 radical (unpaired) electrons. The SMILES string of the molecule is Cc1ccc(NC(=O)CCN(CC(C)C)c2nc(Cc3ccccc3)ns2)cc1. The average Bonchev–Trinajstić information content (AvgIpc) is 3.16. The predicted octanol–water partition coefficient (Wildman–Crippen LogP) is 4.93. The zero-order valence-corrected chi connectivity index (χ0v) is 18.1. The predicted molar refractivity (Wildman–Crippen MR) is 121 cm³/mol. The van der Waals surface area contributed by atoms with Crippen LogP contribution in [0.15, 0.2) is 54.6 Å². The van der Waals surface area contributed by atoms with Crippen LogP contribution in [0.3, 0.4) is 0 Å². The average molecular weight is 409 g/mol. The minimum atomic E-state index is 0.0108. The summed E-state index contributed by atoms with van der Waals surface area (Å²) in [5, 5.41) is 3.85. The summed E-state index contributed by atoms with van der Waals surface area (Å²) in [5.74, 6) is 1.31. The van der Waals surface area contributed by atoms with Gasteiger partial charge in [0.25, 0.3) is 0 Å². The first-order valence-electron chi connectivity index (χ1n) is 9.97. The molecule has 0 saturated carbocycles. The Hall–Kier alpha value is -2.73. The summed E-state index contributed by atoms with van der Waals surface area (Å²) >= 11 is 1.41. The summed E-state index contributed by atoms with van der Waals surface area (Å²) in [7, 11) is 0. The Labute approximate surface area is 177 Å². The minimum absolute atomic E-state index is 0.0108. The van der Waals surface area contributed by atoms with E-state index in [0.29, 0.717) is 18.9 Å². The molecule has 0 bridgehead atoms. The Morgan fingerprint density at radius 1 is 1.10 bits per heavy atom. The molecule has 6 heteroatoms. The van der Waals surface area contributed by atoms with E-state index in [1.807, 2.05) is 49.4 Å². The number of rotatable bonds is 9. The lowest BCUT2D eigenvalue weighted by molar-refractivity contribution is -0.116. The van der Waals surface area contributed by atoms with Crippen LogP contribution in [0, 0.1) is 12.8 Å². The topological polar surface area (TPSA) is 58.1 Å². The molecule has 1 N–H and O–H groups in total. The third kappa shape index (κ3) is 6.68. The molecular formula is C23H28N4OS. The number of amides is 1. The molecule has 0 unspecified atom stereocenters. The van der Waals surface area contributed by atoms with Crippen LogP contribution in [0.5, 0.6) is 0 Å². The largest absolute Gasteiger partial charge is 0.346 e. The molecule has 3 aromatic rings. The molecule has 29 heavy (non-hydrogen) atoms. The number of hydrogen-bond donors (Lipinski definition) is 1. The van der Waals surface area contributed by atoms with E-state index >= 15 is 0 Å². The number of aryl methyl sites for hydroxylation is 1. The Balaban J connectivity index is 1.60. The molecule has 1 amide bonds. The normalized spacial score (nSPS) is 10.9. The van der Waals surface area contributed by atoms with Crippen LogP contribution < -0.4 is 10.2 Å². The third-order valence-corrected chi connectivity index (χ3v) is 5.28. The van der Waals surface area contributed by atoms with Crippen molar-refractivity contribution in [2.24, 2.45) is 5.92 Å². The van der Waals surface area contributed by atoms with Crippen molar-refractivity contribution in [2.75, 3.05) is 23.3 Å². The van der Waals surface area contributed by atoms with Gasteiger partial charge in [-0.05, 0) is 30.5 Å². The smallest absolute Gasteiger partial charge is 0.226 e. The molecule has 152 valence electrons. The van der Waals surface area contributed by atoms with Gasteiger partial charge in [0.1, 0.15) is 5.82 Å². The molecular weight excluding hydrogens is 380 g/mol. The van der Waals surface area contributed by atoms with Crippen LogP contribution in [0.1, 0.15) is 37.2 Å². The maximum absolute atomic E-state index is 12.4. The number of hydrogen-bond acceptors (Lipinski definition) is 5. The van der Waals surface area contributed by atoms with E-state index in [4.69, 9.17) is 4.98 Å². The Morgan fingerprint density at radius 2 is 1.83 bits per heavy atom. The van der Waals surface area contributed by atoms with Gasteiger partial charge in [-0.3, -0.25) is 4.79 Å². The van der Waals surface area contributed by atoms with Gasteiger partial charge in [-0.1, -0.05) is 61.9 Å². The van der Waals surface area contributed by atoms with Gasteiger partial charge in [-0.15, -0.1) is 0 Å². The van der Waals surface area contributed by atoms with E-state index in [9.17, 15) is 4.79 Å². The number of carbonyl (C=O) groups is 1. The molecule has 5 nitrogen and oxygen atoms in total. The molecule has 0 aliphatic rings. The molecule has 0 fully saturated rings. The third-order valence-electron chi connectivity index (χ3n) is 4.46. The number of benzene rings is 2. The fourth-order valence-corrected chi connectivity index (χ4v) is 3.75. The molecule has 2 aromatic carbocycles. The van der Waals surface area contributed by atoms with Crippen molar-refractivity contribution in [3.05, 3.63) is 71.5 Å². The van der Waals surface area contributed by atoms with Crippen LogP contribution in [0.2, 0.25) is 0 Å². The summed E-state index contributed by atoms with van der Waals surface area (Å²) in [5.41, 5.74) is 3.20. The highest BCUT2D eigenvalue weighted by Gasteiger charge is 2.16. The first-order chi connectivity index (χ1) is 14.0. The highest BCUT2D eigenvalue weighted by molar-refractivity contribution is 7.09.